The number of amides is 6. The van der Waals surface area contributed by atoms with E-state index in [0.29, 0.717) is 0 Å². The molecule has 1 saturated heterocycles. The Bertz CT molecular complexity index is 1800. The maximum atomic E-state index is 14.3. The van der Waals surface area contributed by atoms with Gasteiger partial charge in [0.15, 0.2) is 0 Å². The maximum absolute atomic E-state index is 14.3. The molecular formula is C39H48N6O15. The number of nitrogens with one attached hydrogen (secondary N) is 3. The topological polar surface area (TPSA) is 330 Å². The number of rotatable bonds is 15. The Labute approximate surface area is 342 Å². The van der Waals surface area contributed by atoms with Crippen LogP contribution in [0.2, 0.25) is 0 Å². The molecule has 1 heterocycles. The van der Waals surface area contributed by atoms with Crippen molar-refractivity contribution in [3.05, 3.63) is 88.0 Å². The van der Waals surface area contributed by atoms with Gasteiger partial charge in [-0.05, 0) is 54.6 Å². The van der Waals surface area contributed by atoms with Crippen LogP contribution in [0.25, 0.3) is 0 Å². The summed E-state index contributed by atoms with van der Waals surface area (Å²) < 4.78 is 0. The van der Waals surface area contributed by atoms with Crippen molar-refractivity contribution in [2.75, 3.05) is 78.9 Å². The number of carbonyl (C=O) groups excluding carboxylic acids is 6. The van der Waals surface area contributed by atoms with Gasteiger partial charge in [-0.2, -0.15) is 0 Å². The molecule has 0 radical (unpaired) electrons. The summed E-state index contributed by atoms with van der Waals surface area (Å²) in [5, 5.41) is 94.9. The molecule has 6 amide bonds. The minimum atomic E-state index is -1.11. The fraction of sp³-hybridized carbons (Fsp3) is 0.385. The maximum Gasteiger partial charge on any atom is 0.254 e. The molecule has 60 heavy (non-hydrogen) atoms. The van der Waals surface area contributed by atoms with E-state index in [1.807, 2.05) is 0 Å². The number of aliphatic hydroxyl groups is 6. The Morgan fingerprint density at radius 1 is 0.400 bits per heavy atom. The van der Waals surface area contributed by atoms with Crippen LogP contribution in [0.1, 0.15) is 62.1 Å². The zero-order valence-corrected chi connectivity index (χ0v) is 32.2. The first-order chi connectivity index (χ1) is 28.7. The third kappa shape index (κ3) is 11.4. The summed E-state index contributed by atoms with van der Waals surface area (Å²) >= 11 is 0. The Morgan fingerprint density at radius 2 is 0.617 bits per heavy atom. The minimum Gasteiger partial charge on any atom is -0.508 e. The van der Waals surface area contributed by atoms with Gasteiger partial charge in [0.2, 0.25) is 0 Å². The molecule has 0 aromatic heterocycles. The van der Waals surface area contributed by atoms with Crippen LogP contribution in [0.15, 0.2) is 54.6 Å². The summed E-state index contributed by atoms with van der Waals surface area (Å²) in [7, 11) is 0. The van der Waals surface area contributed by atoms with Gasteiger partial charge in [0, 0.05) is 39.3 Å². The van der Waals surface area contributed by atoms with Gasteiger partial charge in [0.25, 0.3) is 35.4 Å². The molecule has 1 aliphatic heterocycles. The van der Waals surface area contributed by atoms with Crippen LogP contribution in [0, 0.1) is 0 Å². The lowest BCUT2D eigenvalue weighted by Gasteiger charge is -2.27. The fourth-order valence-electron chi connectivity index (χ4n) is 6.14. The fourth-order valence-corrected chi connectivity index (χ4v) is 6.14. The van der Waals surface area contributed by atoms with Crippen LogP contribution >= 0.6 is 0 Å². The number of phenolic OH excluding ortho intramolecular Hbond substituents is 3. The Kier molecular flexibility index (Phi) is 16.7. The van der Waals surface area contributed by atoms with Gasteiger partial charge in [-0.25, -0.2) is 0 Å². The summed E-state index contributed by atoms with van der Waals surface area (Å²) in [6, 6.07) is 6.61. The second-order valence-electron chi connectivity index (χ2n) is 13.7. The third-order valence-corrected chi connectivity index (χ3v) is 9.54. The first-order valence-corrected chi connectivity index (χ1v) is 18.6. The summed E-state index contributed by atoms with van der Waals surface area (Å²) in [5.74, 6) is -6.38. The summed E-state index contributed by atoms with van der Waals surface area (Å²) in [6.45, 7) is -5.31. The predicted molar refractivity (Wildman–Crippen MR) is 208 cm³/mol. The van der Waals surface area contributed by atoms with Crippen LogP contribution in [0.4, 0.5) is 0 Å². The summed E-state index contributed by atoms with van der Waals surface area (Å²) in [4.78, 5) is 86.4. The SMILES string of the molecule is O=C(NC(CO)CO)c1cc(O)ccc1C(=O)N1CCN(C(=O)c2ccc(O)cc2C(=O)NC(CO)CO)CCN(C(=O)c2ccc(O)cc2C(=O)NC(CO)CO)CC1. The van der Waals surface area contributed by atoms with Crippen molar-refractivity contribution in [1.82, 2.24) is 30.7 Å². The van der Waals surface area contributed by atoms with E-state index in [9.17, 15) is 74.7 Å². The average molecular weight is 841 g/mol. The standard InChI is InChI=1S/C39H48N6O15/c46-16-22(17-47)40-34(55)31-13-25(52)1-4-28(31)37(58)43-7-9-44(38(59)29-5-2-26(53)14-32(29)35(56)41-23(18-48)19-49)11-12-45(10-8-43)39(60)30-6-3-27(54)15-33(30)36(57)42-24(20-50)21-51/h1-6,13-15,22-24,46-54H,7-12,16-21H2,(H,40,55)(H,41,56)(H,42,57). The third-order valence-electron chi connectivity index (χ3n) is 9.54. The zero-order chi connectivity index (χ0) is 44.1. The molecule has 0 aliphatic carbocycles. The summed E-state index contributed by atoms with van der Waals surface area (Å²) in [6.07, 6.45) is 0. The van der Waals surface area contributed by atoms with E-state index in [2.05, 4.69) is 16.0 Å². The average Bonchev–Trinajstić information content (AvgIpc) is 3.36. The second kappa shape index (κ2) is 21.6. The highest BCUT2D eigenvalue weighted by molar-refractivity contribution is 6.09. The molecule has 21 heteroatoms. The number of hydrogen-bond donors (Lipinski definition) is 12. The number of aliphatic hydroxyl groups excluding tert-OH is 6. The number of phenols is 3. The highest BCUT2D eigenvalue weighted by Gasteiger charge is 2.31. The van der Waals surface area contributed by atoms with Gasteiger partial charge in [0.05, 0.1) is 91.1 Å². The van der Waals surface area contributed by atoms with Crippen molar-refractivity contribution in [3.63, 3.8) is 0 Å². The molecule has 0 bridgehead atoms. The molecular weight excluding hydrogens is 792 g/mol. The van der Waals surface area contributed by atoms with Gasteiger partial charge in [-0.1, -0.05) is 0 Å². The molecule has 1 aliphatic rings. The smallest absolute Gasteiger partial charge is 0.254 e. The molecule has 4 rings (SSSR count). The van der Waals surface area contributed by atoms with Crippen molar-refractivity contribution in [3.8, 4) is 17.2 Å². The number of aromatic hydroxyl groups is 3. The predicted octanol–water partition coefficient (Wildman–Crippen LogP) is -3.21. The molecule has 12 N–H and O–H groups in total. The van der Waals surface area contributed by atoms with E-state index in [1.165, 1.54) is 32.9 Å². The highest BCUT2D eigenvalue weighted by atomic mass is 16.3. The van der Waals surface area contributed by atoms with E-state index in [1.54, 1.807) is 0 Å². The van der Waals surface area contributed by atoms with Gasteiger partial charge >= 0.3 is 0 Å². The Morgan fingerprint density at radius 3 is 0.817 bits per heavy atom. The largest absolute Gasteiger partial charge is 0.508 e. The Balaban J connectivity index is 1.78. The molecule has 0 unspecified atom stereocenters. The lowest BCUT2D eigenvalue weighted by Crippen LogP contribution is -2.44. The van der Waals surface area contributed by atoms with E-state index >= 15 is 0 Å². The molecule has 324 valence electrons. The molecule has 3 aromatic carbocycles. The number of hydrogen-bond acceptors (Lipinski definition) is 15. The Hall–Kier alpha value is -6.36. The molecule has 1 fully saturated rings. The number of carbonyl (C=O) groups is 6. The van der Waals surface area contributed by atoms with Crippen molar-refractivity contribution in [2.45, 2.75) is 18.1 Å². The highest BCUT2D eigenvalue weighted by Crippen LogP contribution is 2.23. The monoisotopic (exact) mass is 840 g/mol. The molecule has 0 saturated carbocycles. The van der Waals surface area contributed by atoms with Crippen molar-refractivity contribution < 1.29 is 74.7 Å². The first-order valence-electron chi connectivity index (χ1n) is 18.6. The number of nitrogens with zero attached hydrogens (tertiary/aromatic N) is 3. The molecule has 0 atom stereocenters. The number of benzene rings is 3. The van der Waals surface area contributed by atoms with Crippen LogP contribution in [-0.2, 0) is 0 Å². The van der Waals surface area contributed by atoms with Crippen LogP contribution in [0.3, 0.4) is 0 Å². The van der Waals surface area contributed by atoms with Crippen LogP contribution in [-0.4, -0.2) is 193 Å². The van der Waals surface area contributed by atoms with Gasteiger partial charge in [0.1, 0.15) is 17.2 Å². The second-order valence-corrected chi connectivity index (χ2v) is 13.7. The van der Waals surface area contributed by atoms with Crippen molar-refractivity contribution in [1.29, 1.82) is 0 Å². The lowest BCUT2D eigenvalue weighted by atomic mass is 10.0. The lowest BCUT2D eigenvalue weighted by molar-refractivity contribution is 0.0675. The van der Waals surface area contributed by atoms with Crippen LogP contribution in [0.5, 0.6) is 17.2 Å². The first kappa shape index (κ1) is 46.3. The van der Waals surface area contributed by atoms with Gasteiger partial charge < -0.3 is 76.6 Å². The normalized spacial score (nSPS) is 13.4. The van der Waals surface area contributed by atoms with E-state index in [-0.39, 0.29) is 72.6 Å². The van der Waals surface area contributed by atoms with Gasteiger partial charge in [-0.15, -0.1) is 0 Å². The summed E-state index contributed by atoms with van der Waals surface area (Å²) in [5.41, 5.74) is -1.72. The van der Waals surface area contributed by atoms with E-state index in [4.69, 9.17) is 0 Å². The van der Waals surface area contributed by atoms with Crippen molar-refractivity contribution >= 4 is 35.4 Å². The van der Waals surface area contributed by atoms with E-state index in [0.717, 1.165) is 36.4 Å². The molecule has 0 spiro atoms. The quantitative estimate of drug-likeness (QED) is 0.0717. The molecule has 21 nitrogen and oxygen atoms in total. The van der Waals surface area contributed by atoms with Gasteiger partial charge in [-0.3, -0.25) is 28.8 Å². The van der Waals surface area contributed by atoms with E-state index < -0.39 is 110 Å². The molecule has 3 aromatic rings. The van der Waals surface area contributed by atoms with Crippen molar-refractivity contribution in [2.24, 2.45) is 0 Å². The minimum absolute atomic E-state index is 0.238. The van der Waals surface area contributed by atoms with Crippen LogP contribution < -0.4 is 16.0 Å². The zero-order valence-electron chi connectivity index (χ0n) is 32.2.